The summed E-state index contributed by atoms with van der Waals surface area (Å²) in [6, 6.07) is -0.167. The third kappa shape index (κ3) is 2.92. The molecule has 0 bridgehead atoms. The van der Waals surface area contributed by atoms with Gasteiger partial charge in [-0.15, -0.1) is 0 Å². The zero-order chi connectivity index (χ0) is 11.4. The van der Waals surface area contributed by atoms with Crippen LogP contribution in [0.2, 0.25) is 0 Å². The molecule has 0 radical (unpaired) electrons. The van der Waals surface area contributed by atoms with E-state index in [9.17, 15) is 4.79 Å². The molecule has 0 N–H and O–H groups in total. The average Bonchev–Trinajstić information content (AvgIpc) is 2.27. The third-order valence-corrected chi connectivity index (χ3v) is 3.31. The molecule has 4 nitrogen and oxygen atoms in total. The Hall–Kier alpha value is -0.610. The minimum absolute atomic E-state index is 0.167. The van der Waals surface area contributed by atoms with Crippen molar-refractivity contribution in [1.82, 2.24) is 4.90 Å². The van der Waals surface area contributed by atoms with Crippen molar-refractivity contribution in [3.63, 3.8) is 0 Å². The van der Waals surface area contributed by atoms with Gasteiger partial charge in [0.1, 0.15) is 6.04 Å². The van der Waals surface area contributed by atoms with Crippen LogP contribution in [0.15, 0.2) is 0 Å². The van der Waals surface area contributed by atoms with Gasteiger partial charge >= 0.3 is 5.97 Å². The van der Waals surface area contributed by atoms with Crippen LogP contribution in [0.1, 0.15) is 20.3 Å². The molecule has 1 aliphatic heterocycles. The van der Waals surface area contributed by atoms with Crippen molar-refractivity contribution in [3.05, 3.63) is 0 Å². The normalized spacial score (nSPS) is 29.9. The second kappa shape index (κ2) is 5.47. The molecule has 88 valence electrons. The number of esters is 1. The second-order valence-corrected chi connectivity index (χ2v) is 4.23. The predicted molar refractivity (Wildman–Crippen MR) is 57.6 cm³/mol. The van der Waals surface area contributed by atoms with E-state index >= 15 is 0 Å². The van der Waals surface area contributed by atoms with Crippen molar-refractivity contribution in [2.24, 2.45) is 5.92 Å². The molecule has 3 unspecified atom stereocenters. The first-order valence-electron chi connectivity index (χ1n) is 5.44. The highest BCUT2D eigenvalue weighted by molar-refractivity contribution is 5.75. The number of carbonyl (C=O) groups excluding carboxylic acids is 1. The first-order valence-corrected chi connectivity index (χ1v) is 5.44. The van der Waals surface area contributed by atoms with Crippen LogP contribution in [0.4, 0.5) is 0 Å². The van der Waals surface area contributed by atoms with Crippen LogP contribution < -0.4 is 0 Å². The van der Waals surface area contributed by atoms with E-state index in [4.69, 9.17) is 9.47 Å². The van der Waals surface area contributed by atoms with Gasteiger partial charge in [0.05, 0.1) is 13.2 Å². The molecule has 15 heavy (non-hydrogen) atoms. The molecular formula is C11H21NO3. The highest BCUT2D eigenvalue weighted by Crippen LogP contribution is 2.21. The van der Waals surface area contributed by atoms with Crippen molar-refractivity contribution < 1.29 is 14.3 Å². The molecule has 1 heterocycles. The van der Waals surface area contributed by atoms with E-state index in [2.05, 4.69) is 11.8 Å². The van der Waals surface area contributed by atoms with Crippen molar-refractivity contribution in [3.8, 4) is 0 Å². The van der Waals surface area contributed by atoms with Gasteiger partial charge in [-0.2, -0.15) is 0 Å². The zero-order valence-electron chi connectivity index (χ0n) is 10.0. The lowest BCUT2D eigenvalue weighted by molar-refractivity contribution is -0.148. The SMILES string of the molecule is COC(=O)C(C)N1CCC(C)C(OC)C1. The fourth-order valence-corrected chi connectivity index (χ4v) is 2.04. The fraction of sp³-hybridized carbons (Fsp3) is 0.909. The van der Waals surface area contributed by atoms with Gasteiger partial charge in [-0.3, -0.25) is 9.69 Å². The standard InChI is InChI=1S/C11H21NO3/c1-8-5-6-12(7-10(8)14-3)9(2)11(13)15-4/h8-10H,5-7H2,1-4H3. The molecule has 1 fully saturated rings. The minimum atomic E-state index is -0.167. The molecule has 0 aromatic heterocycles. The zero-order valence-corrected chi connectivity index (χ0v) is 10.0. The van der Waals surface area contributed by atoms with Crippen molar-refractivity contribution in [1.29, 1.82) is 0 Å². The van der Waals surface area contributed by atoms with Gasteiger partial charge in [0, 0.05) is 13.7 Å². The molecule has 0 aromatic rings. The number of hydrogen-bond donors (Lipinski definition) is 0. The minimum Gasteiger partial charge on any atom is -0.468 e. The van der Waals surface area contributed by atoms with E-state index in [0.29, 0.717) is 5.92 Å². The summed E-state index contributed by atoms with van der Waals surface area (Å²) in [5, 5.41) is 0. The largest absolute Gasteiger partial charge is 0.468 e. The summed E-state index contributed by atoms with van der Waals surface area (Å²) in [7, 11) is 3.16. The highest BCUT2D eigenvalue weighted by atomic mass is 16.5. The molecular weight excluding hydrogens is 194 g/mol. The van der Waals surface area contributed by atoms with Crippen molar-refractivity contribution >= 4 is 5.97 Å². The van der Waals surface area contributed by atoms with Gasteiger partial charge in [0.25, 0.3) is 0 Å². The van der Waals surface area contributed by atoms with Crippen LogP contribution in [-0.2, 0) is 14.3 Å². The molecule has 0 amide bonds. The Morgan fingerprint density at radius 3 is 2.67 bits per heavy atom. The summed E-state index contributed by atoms with van der Waals surface area (Å²) in [5.74, 6) is 0.399. The number of piperidine rings is 1. The first-order chi connectivity index (χ1) is 7.10. The molecule has 0 aromatic carbocycles. The van der Waals surface area contributed by atoms with Gasteiger partial charge in [-0.1, -0.05) is 6.92 Å². The lowest BCUT2D eigenvalue weighted by Crippen LogP contribution is -2.50. The molecule has 1 saturated heterocycles. The van der Waals surface area contributed by atoms with E-state index in [-0.39, 0.29) is 18.1 Å². The summed E-state index contributed by atoms with van der Waals surface area (Å²) in [6.45, 7) is 5.83. The number of nitrogens with zero attached hydrogens (tertiary/aromatic N) is 1. The summed E-state index contributed by atoms with van der Waals surface area (Å²) >= 11 is 0. The summed E-state index contributed by atoms with van der Waals surface area (Å²) in [5.41, 5.74) is 0. The molecule has 0 aliphatic carbocycles. The van der Waals surface area contributed by atoms with Gasteiger partial charge in [-0.05, 0) is 25.8 Å². The van der Waals surface area contributed by atoms with Gasteiger partial charge in [0.2, 0.25) is 0 Å². The summed E-state index contributed by atoms with van der Waals surface area (Å²) in [4.78, 5) is 13.5. The molecule has 3 atom stereocenters. The number of likely N-dealkylation sites (tertiary alicyclic amines) is 1. The molecule has 0 saturated carbocycles. The quantitative estimate of drug-likeness (QED) is 0.656. The van der Waals surface area contributed by atoms with Crippen molar-refractivity contribution in [2.45, 2.75) is 32.4 Å². The first kappa shape index (κ1) is 12.5. The third-order valence-electron chi connectivity index (χ3n) is 3.31. The Balaban J connectivity index is 2.54. The van der Waals surface area contributed by atoms with E-state index < -0.39 is 0 Å². The summed E-state index contributed by atoms with van der Waals surface area (Å²) in [6.07, 6.45) is 1.30. The molecule has 0 spiro atoms. The van der Waals surface area contributed by atoms with E-state index in [1.54, 1.807) is 7.11 Å². The van der Waals surface area contributed by atoms with Crippen molar-refractivity contribution in [2.75, 3.05) is 27.3 Å². The number of hydrogen-bond acceptors (Lipinski definition) is 4. The Bertz CT molecular complexity index is 220. The Morgan fingerprint density at radius 2 is 2.13 bits per heavy atom. The summed E-state index contributed by atoms with van der Waals surface area (Å²) < 4.78 is 10.1. The molecule has 1 aliphatic rings. The van der Waals surface area contributed by atoms with Crippen LogP contribution in [0, 0.1) is 5.92 Å². The van der Waals surface area contributed by atoms with Gasteiger partial charge < -0.3 is 9.47 Å². The highest BCUT2D eigenvalue weighted by Gasteiger charge is 2.31. The van der Waals surface area contributed by atoms with E-state index in [0.717, 1.165) is 19.5 Å². The monoisotopic (exact) mass is 215 g/mol. The lowest BCUT2D eigenvalue weighted by atomic mass is 9.95. The maximum Gasteiger partial charge on any atom is 0.322 e. The van der Waals surface area contributed by atoms with Crippen LogP contribution in [0.5, 0.6) is 0 Å². The number of rotatable bonds is 3. The Morgan fingerprint density at radius 1 is 1.47 bits per heavy atom. The van der Waals surface area contributed by atoms with Crippen LogP contribution >= 0.6 is 0 Å². The number of ether oxygens (including phenoxy) is 2. The Kier molecular flexibility index (Phi) is 4.54. The Labute approximate surface area is 91.5 Å². The van der Waals surface area contributed by atoms with Gasteiger partial charge in [-0.25, -0.2) is 0 Å². The van der Waals surface area contributed by atoms with Crippen LogP contribution in [0.3, 0.4) is 0 Å². The predicted octanol–water partition coefficient (Wildman–Crippen LogP) is 0.905. The number of methoxy groups -OCH3 is 2. The van der Waals surface area contributed by atoms with E-state index in [1.165, 1.54) is 7.11 Å². The van der Waals surface area contributed by atoms with Crippen LogP contribution in [-0.4, -0.2) is 50.3 Å². The maximum atomic E-state index is 11.4. The van der Waals surface area contributed by atoms with E-state index in [1.807, 2.05) is 6.92 Å². The average molecular weight is 215 g/mol. The topological polar surface area (TPSA) is 38.8 Å². The van der Waals surface area contributed by atoms with Crippen LogP contribution in [0.25, 0.3) is 0 Å². The smallest absolute Gasteiger partial charge is 0.322 e. The fourth-order valence-electron chi connectivity index (χ4n) is 2.04. The lowest BCUT2D eigenvalue weighted by Gasteiger charge is -2.38. The number of carbonyl (C=O) groups is 1. The van der Waals surface area contributed by atoms with Gasteiger partial charge in [0.15, 0.2) is 0 Å². The molecule has 4 heteroatoms. The maximum absolute atomic E-state index is 11.4. The molecule has 1 rings (SSSR count). The second-order valence-electron chi connectivity index (χ2n) is 4.23.